The maximum atomic E-state index is 10.3. The van der Waals surface area contributed by atoms with E-state index in [9.17, 15) is 5.11 Å². The maximum Gasteiger partial charge on any atom is 0.0543 e. The lowest BCUT2D eigenvalue weighted by Crippen LogP contribution is -2.54. The van der Waals surface area contributed by atoms with Crippen LogP contribution >= 0.6 is 0 Å². The highest BCUT2D eigenvalue weighted by Crippen LogP contribution is 2.68. The number of aliphatic hydroxyl groups excluding tert-OH is 1. The summed E-state index contributed by atoms with van der Waals surface area (Å²) in [6, 6.07) is 0. The second-order valence-corrected chi connectivity index (χ2v) is 13.1. The lowest BCUT2D eigenvalue weighted by atomic mass is 9.44. The van der Waals surface area contributed by atoms with E-state index < -0.39 is 0 Å². The molecule has 0 radical (unpaired) electrons. The van der Waals surface area contributed by atoms with Crippen LogP contribution in [0.25, 0.3) is 0 Å². The minimum Gasteiger partial charge on any atom is -0.393 e. The van der Waals surface area contributed by atoms with E-state index in [1.54, 1.807) is 0 Å². The molecule has 4 saturated carbocycles. The molecule has 0 spiro atoms. The second kappa shape index (κ2) is 8.14. The van der Waals surface area contributed by atoms with E-state index in [1.807, 2.05) is 0 Å². The predicted molar refractivity (Wildman–Crippen MR) is 124 cm³/mol. The second-order valence-electron chi connectivity index (χ2n) is 13.1. The Hall–Kier alpha value is -0.0400. The highest BCUT2D eigenvalue weighted by Gasteiger charge is 2.60. The quantitative estimate of drug-likeness (QED) is 0.499. The highest BCUT2D eigenvalue weighted by molar-refractivity contribution is 5.09. The SMILES string of the molecule is CC(C)[C@H](C)CC[C@@H](C)C1CCC2C3CCC4CC(O)CC[C@]4(C)C3CC[C@@]21C. The van der Waals surface area contributed by atoms with Crippen LogP contribution in [0, 0.1) is 58.2 Å². The molecule has 1 nitrogen and oxygen atoms in total. The van der Waals surface area contributed by atoms with Crippen molar-refractivity contribution < 1.29 is 5.11 Å². The molecule has 0 amide bonds. The zero-order valence-electron chi connectivity index (χ0n) is 20.4. The molecule has 168 valence electrons. The lowest BCUT2D eigenvalue weighted by molar-refractivity contribution is -0.129. The Kier molecular flexibility index (Phi) is 6.22. The van der Waals surface area contributed by atoms with Crippen LogP contribution in [-0.2, 0) is 0 Å². The molecule has 0 bridgehead atoms. The number of aliphatic hydroxyl groups is 1. The molecule has 4 rings (SSSR count). The Morgan fingerprint density at radius 2 is 1.48 bits per heavy atom. The summed E-state index contributed by atoms with van der Waals surface area (Å²) >= 11 is 0. The largest absolute Gasteiger partial charge is 0.393 e. The molecular weight excluding hydrogens is 352 g/mol. The van der Waals surface area contributed by atoms with Gasteiger partial charge in [-0.05, 0) is 116 Å². The van der Waals surface area contributed by atoms with Gasteiger partial charge in [0.1, 0.15) is 0 Å². The van der Waals surface area contributed by atoms with Gasteiger partial charge >= 0.3 is 0 Å². The summed E-state index contributed by atoms with van der Waals surface area (Å²) in [6.45, 7) is 15.2. The van der Waals surface area contributed by atoms with Crippen LogP contribution in [0.5, 0.6) is 0 Å². The van der Waals surface area contributed by atoms with Crippen molar-refractivity contribution in [2.24, 2.45) is 58.2 Å². The highest BCUT2D eigenvalue weighted by atomic mass is 16.3. The third kappa shape index (κ3) is 3.74. The Labute approximate surface area is 181 Å². The minimum absolute atomic E-state index is 0.0107. The fourth-order valence-electron chi connectivity index (χ4n) is 9.27. The molecule has 0 aromatic carbocycles. The lowest BCUT2D eigenvalue weighted by Gasteiger charge is -2.61. The first-order valence-electron chi connectivity index (χ1n) is 13.3. The van der Waals surface area contributed by atoms with Gasteiger partial charge in [0.25, 0.3) is 0 Å². The number of fused-ring (bicyclic) bond motifs is 5. The monoisotopic (exact) mass is 402 g/mol. The molecule has 0 aromatic heterocycles. The van der Waals surface area contributed by atoms with E-state index in [0.717, 1.165) is 60.2 Å². The van der Waals surface area contributed by atoms with Crippen LogP contribution in [0.3, 0.4) is 0 Å². The van der Waals surface area contributed by atoms with Gasteiger partial charge in [-0.2, -0.15) is 0 Å². The molecule has 1 N–H and O–H groups in total. The van der Waals surface area contributed by atoms with Crippen molar-refractivity contribution in [1.82, 2.24) is 0 Å². The van der Waals surface area contributed by atoms with E-state index in [2.05, 4.69) is 41.5 Å². The van der Waals surface area contributed by atoms with E-state index in [1.165, 1.54) is 57.8 Å². The molecule has 10 atom stereocenters. The number of hydrogen-bond donors (Lipinski definition) is 1. The zero-order chi connectivity index (χ0) is 21.0. The van der Waals surface area contributed by atoms with E-state index >= 15 is 0 Å². The van der Waals surface area contributed by atoms with Crippen LogP contribution in [-0.4, -0.2) is 11.2 Å². The third-order valence-corrected chi connectivity index (χ3v) is 11.6. The molecule has 0 saturated heterocycles. The van der Waals surface area contributed by atoms with Crippen LogP contribution < -0.4 is 0 Å². The first-order chi connectivity index (χ1) is 13.7. The Morgan fingerprint density at radius 3 is 2.21 bits per heavy atom. The summed E-state index contributed by atoms with van der Waals surface area (Å²) in [6.07, 6.45) is 15.1. The van der Waals surface area contributed by atoms with Crippen LogP contribution in [0.4, 0.5) is 0 Å². The molecule has 4 aliphatic rings. The number of hydrogen-bond acceptors (Lipinski definition) is 1. The summed E-state index contributed by atoms with van der Waals surface area (Å²) in [7, 11) is 0. The van der Waals surface area contributed by atoms with Crippen molar-refractivity contribution in [3.63, 3.8) is 0 Å². The summed E-state index contributed by atoms with van der Waals surface area (Å²) in [5.74, 6) is 7.28. The van der Waals surface area contributed by atoms with Crippen molar-refractivity contribution in [1.29, 1.82) is 0 Å². The van der Waals surface area contributed by atoms with Gasteiger partial charge in [0.15, 0.2) is 0 Å². The summed E-state index contributed by atoms with van der Waals surface area (Å²) in [5.41, 5.74) is 1.14. The van der Waals surface area contributed by atoms with Gasteiger partial charge in [-0.15, -0.1) is 0 Å². The van der Waals surface area contributed by atoms with Gasteiger partial charge in [0.2, 0.25) is 0 Å². The van der Waals surface area contributed by atoms with E-state index in [0.29, 0.717) is 10.8 Å². The van der Waals surface area contributed by atoms with Crippen molar-refractivity contribution in [2.75, 3.05) is 0 Å². The predicted octanol–water partition coefficient (Wildman–Crippen LogP) is 7.71. The fourth-order valence-corrected chi connectivity index (χ4v) is 9.27. The van der Waals surface area contributed by atoms with Gasteiger partial charge in [-0.1, -0.05) is 54.4 Å². The zero-order valence-corrected chi connectivity index (χ0v) is 20.4. The average molecular weight is 403 g/mol. The van der Waals surface area contributed by atoms with Crippen molar-refractivity contribution >= 4 is 0 Å². The van der Waals surface area contributed by atoms with Gasteiger partial charge in [-0.25, -0.2) is 0 Å². The molecular formula is C28H50O. The summed E-state index contributed by atoms with van der Waals surface area (Å²) < 4.78 is 0. The standard InChI is InChI=1S/C28H50O/c1-18(2)19(3)7-8-20(4)24-11-12-25-23-10-9-21-17-22(29)13-15-27(21,5)26(23)14-16-28(24,25)6/h18-26,29H,7-17H2,1-6H3/t19-,20-,21?,22?,23?,24?,25?,26?,27+,28-/m1/s1. The van der Waals surface area contributed by atoms with Crippen molar-refractivity contribution in [2.45, 2.75) is 118 Å². The van der Waals surface area contributed by atoms with Crippen molar-refractivity contribution in [3.05, 3.63) is 0 Å². The maximum absolute atomic E-state index is 10.3. The van der Waals surface area contributed by atoms with Gasteiger partial charge in [0, 0.05) is 0 Å². The molecule has 29 heavy (non-hydrogen) atoms. The minimum atomic E-state index is -0.0107. The topological polar surface area (TPSA) is 20.2 Å². The van der Waals surface area contributed by atoms with Crippen molar-refractivity contribution in [3.8, 4) is 0 Å². The molecule has 6 unspecified atom stereocenters. The van der Waals surface area contributed by atoms with Gasteiger partial charge in [0.05, 0.1) is 6.10 Å². The van der Waals surface area contributed by atoms with Crippen LogP contribution in [0.1, 0.15) is 112 Å². The van der Waals surface area contributed by atoms with Crippen LogP contribution in [0.2, 0.25) is 0 Å². The molecule has 0 heterocycles. The Bertz CT molecular complexity index is 569. The molecule has 4 aliphatic carbocycles. The smallest absolute Gasteiger partial charge is 0.0543 e. The Balaban J connectivity index is 1.46. The normalized spacial score (nSPS) is 49.2. The Morgan fingerprint density at radius 1 is 0.793 bits per heavy atom. The van der Waals surface area contributed by atoms with Gasteiger partial charge < -0.3 is 5.11 Å². The number of rotatable bonds is 5. The molecule has 0 aliphatic heterocycles. The molecule has 0 aromatic rings. The summed E-state index contributed by atoms with van der Waals surface area (Å²) in [5, 5.41) is 10.3. The van der Waals surface area contributed by atoms with Crippen LogP contribution in [0.15, 0.2) is 0 Å². The third-order valence-electron chi connectivity index (χ3n) is 11.6. The average Bonchev–Trinajstić information content (AvgIpc) is 3.03. The fraction of sp³-hybridized carbons (Fsp3) is 1.00. The molecule has 4 fully saturated rings. The summed E-state index contributed by atoms with van der Waals surface area (Å²) in [4.78, 5) is 0. The first kappa shape index (κ1) is 22.2. The molecule has 1 heteroatoms. The van der Waals surface area contributed by atoms with E-state index in [-0.39, 0.29) is 6.10 Å². The first-order valence-corrected chi connectivity index (χ1v) is 13.3. The van der Waals surface area contributed by atoms with Gasteiger partial charge in [-0.3, -0.25) is 0 Å². The van der Waals surface area contributed by atoms with E-state index in [4.69, 9.17) is 0 Å².